The molecule has 0 radical (unpaired) electrons. The van der Waals surface area contributed by atoms with Crippen LogP contribution in [0.5, 0.6) is 11.5 Å². The number of rotatable bonds is 8. The Kier molecular flexibility index (Phi) is 7.04. The lowest BCUT2D eigenvalue weighted by molar-refractivity contribution is -0.124. The lowest BCUT2D eigenvalue weighted by Gasteiger charge is -2.24. The number of carbonyl (C=O) groups excluding carboxylic acids is 2. The van der Waals surface area contributed by atoms with Crippen LogP contribution in [-0.2, 0) is 9.59 Å². The van der Waals surface area contributed by atoms with E-state index >= 15 is 0 Å². The van der Waals surface area contributed by atoms with Crippen LogP contribution in [0.1, 0.15) is 38.8 Å². The molecule has 0 saturated carbocycles. The number of hydrogen-bond donors (Lipinski definition) is 2. The third-order valence-electron chi connectivity index (χ3n) is 4.52. The van der Waals surface area contributed by atoms with E-state index in [4.69, 9.17) is 9.47 Å². The van der Waals surface area contributed by atoms with Gasteiger partial charge >= 0.3 is 0 Å². The van der Waals surface area contributed by atoms with Crippen molar-refractivity contribution in [1.82, 2.24) is 5.32 Å². The van der Waals surface area contributed by atoms with Gasteiger partial charge < -0.3 is 20.1 Å². The normalized spacial score (nSPS) is 16.4. The van der Waals surface area contributed by atoms with Crippen LogP contribution in [0.2, 0.25) is 0 Å². The summed E-state index contributed by atoms with van der Waals surface area (Å²) in [5.74, 6) is 1.03. The zero-order valence-corrected chi connectivity index (χ0v) is 17.7. The van der Waals surface area contributed by atoms with Gasteiger partial charge in [-0.15, -0.1) is 11.8 Å². The minimum atomic E-state index is -0.448. The van der Waals surface area contributed by atoms with E-state index < -0.39 is 5.25 Å². The summed E-state index contributed by atoms with van der Waals surface area (Å²) in [7, 11) is 0. The van der Waals surface area contributed by atoms with E-state index in [1.807, 2.05) is 63.2 Å². The number of carbonyl (C=O) groups is 2. The Bertz CT molecular complexity index is 887. The molecular weight excluding hydrogens is 388 g/mol. The topological polar surface area (TPSA) is 76.7 Å². The fraction of sp³-hybridized carbons (Fsp3) is 0.364. The monoisotopic (exact) mass is 414 g/mol. The first-order chi connectivity index (χ1) is 14.0. The summed E-state index contributed by atoms with van der Waals surface area (Å²) < 4.78 is 11.2. The second kappa shape index (κ2) is 9.69. The Balaban J connectivity index is 1.63. The van der Waals surface area contributed by atoms with Crippen LogP contribution < -0.4 is 20.1 Å². The molecule has 7 heteroatoms. The summed E-state index contributed by atoms with van der Waals surface area (Å²) in [5, 5.41) is 5.40. The Labute approximate surface area is 175 Å². The highest BCUT2D eigenvalue weighted by molar-refractivity contribution is 8.01. The van der Waals surface area contributed by atoms with E-state index in [0.29, 0.717) is 24.7 Å². The van der Waals surface area contributed by atoms with Gasteiger partial charge in [-0.25, -0.2) is 0 Å². The first-order valence-corrected chi connectivity index (χ1v) is 10.6. The summed E-state index contributed by atoms with van der Waals surface area (Å²) in [4.78, 5) is 25.9. The van der Waals surface area contributed by atoms with Crippen molar-refractivity contribution >= 4 is 29.3 Å². The second-order valence-electron chi connectivity index (χ2n) is 6.66. The number of benzene rings is 2. The van der Waals surface area contributed by atoms with Gasteiger partial charge in [-0.3, -0.25) is 9.59 Å². The van der Waals surface area contributed by atoms with Gasteiger partial charge in [0.05, 0.1) is 30.2 Å². The van der Waals surface area contributed by atoms with Crippen molar-refractivity contribution in [2.24, 2.45) is 0 Å². The molecule has 1 aliphatic heterocycles. The summed E-state index contributed by atoms with van der Waals surface area (Å²) >= 11 is 1.42. The fourth-order valence-corrected chi connectivity index (χ4v) is 4.23. The lowest BCUT2D eigenvalue weighted by atomic mass is 10.1. The number of para-hydroxylation sites is 1. The van der Waals surface area contributed by atoms with Crippen LogP contribution in [-0.4, -0.2) is 30.3 Å². The van der Waals surface area contributed by atoms with Crippen LogP contribution in [0.4, 0.5) is 5.69 Å². The highest BCUT2D eigenvalue weighted by Gasteiger charge is 2.29. The van der Waals surface area contributed by atoms with Crippen molar-refractivity contribution in [3.05, 3.63) is 48.0 Å². The number of anilines is 1. The lowest BCUT2D eigenvalue weighted by Crippen LogP contribution is -2.35. The number of fused-ring (bicyclic) bond motifs is 1. The summed E-state index contributed by atoms with van der Waals surface area (Å²) in [5.41, 5.74) is 1.71. The van der Waals surface area contributed by atoms with Gasteiger partial charge in [0.15, 0.2) is 11.5 Å². The predicted molar refractivity (Wildman–Crippen MR) is 115 cm³/mol. The molecule has 154 valence electrons. The van der Waals surface area contributed by atoms with E-state index in [2.05, 4.69) is 10.6 Å². The highest BCUT2D eigenvalue weighted by Crippen LogP contribution is 2.36. The average molecular weight is 415 g/mol. The van der Waals surface area contributed by atoms with Gasteiger partial charge in [0.25, 0.3) is 0 Å². The molecule has 0 aliphatic carbocycles. The zero-order valence-electron chi connectivity index (χ0n) is 16.9. The van der Waals surface area contributed by atoms with Gasteiger partial charge in [-0.1, -0.05) is 18.2 Å². The molecule has 0 bridgehead atoms. The second-order valence-corrected chi connectivity index (χ2v) is 7.90. The van der Waals surface area contributed by atoms with Crippen molar-refractivity contribution in [2.75, 3.05) is 18.5 Å². The Morgan fingerprint density at radius 1 is 1.14 bits per heavy atom. The minimum Gasteiger partial charge on any atom is -0.490 e. The van der Waals surface area contributed by atoms with Crippen molar-refractivity contribution < 1.29 is 19.1 Å². The summed E-state index contributed by atoms with van der Waals surface area (Å²) in [6.07, 6.45) is 0.116. The SMILES string of the molecule is CCOc1ccc([C@@H](C)NC(=O)C[C@H]2Sc3ccccc3NC2=O)cc1OCC. The maximum absolute atomic E-state index is 12.6. The molecule has 29 heavy (non-hydrogen) atoms. The number of hydrogen-bond acceptors (Lipinski definition) is 5. The summed E-state index contributed by atoms with van der Waals surface area (Å²) in [6.45, 7) is 6.82. The maximum Gasteiger partial charge on any atom is 0.238 e. The van der Waals surface area contributed by atoms with Crippen LogP contribution >= 0.6 is 11.8 Å². The summed E-state index contributed by atoms with van der Waals surface area (Å²) in [6, 6.07) is 13.0. The van der Waals surface area contributed by atoms with Gasteiger partial charge in [0.1, 0.15) is 0 Å². The molecule has 0 fully saturated rings. The largest absolute Gasteiger partial charge is 0.490 e. The molecule has 0 saturated heterocycles. The van der Waals surface area contributed by atoms with Crippen molar-refractivity contribution in [2.45, 2.75) is 43.4 Å². The maximum atomic E-state index is 12.6. The van der Waals surface area contributed by atoms with E-state index in [0.717, 1.165) is 16.1 Å². The van der Waals surface area contributed by atoms with Crippen LogP contribution in [0.25, 0.3) is 0 Å². The van der Waals surface area contributed by atoms with E-state index in [9.17, 15) is 9.59 Å². The third-order valence-corrected chi connectivity index (χ3v) is 5.80. The standard InChI is InChI=1S/C22H26N2O4S/c1-4-27-17-11-10-15(12-18(17)28-5-2)14(3)23-21(25)13-20-22(26)24-16-8-6-7-9-19(16)29-20/h6-12,14,20H,4-5,13H2,1-3H3,(H,23,25)(H,24,26)/t14-,20-/m1/s1. The number of thioether (sulfide) groups is 1. The smallest absolute Gasteiger partial charge is 0.238 e. The molecule has 3 rings (SSSR count). The highest BCUT2D eigenvalue weighted by atomic mass is 32.2. The van der Waals surface area contributed by atoms with Crippen molar-refractivity contribution in [3.8, 4) is 11.5 Å². The zero-order chi connectivity index (χ0) is 20.8. The third kappa shape index (κ3) is 5.23. The first-order valence-electron chi connectivity index (χ1n) is 9.77. The molecular formula is C22H26N2O4S. The van der Waals surface area contributed by atoms with Gasteiger partial charge in [0, 0.05) is 11.3 Å². The van der Waals surface area contributed by atoms with Crippen LogP contribution in [0, 0.1) is 0 Å². The van der Waals surface area contributed by atoms with Gasteiger partial charge in [0.2, 0.25) is 11.8 Å². The van der Waals surface area contributed by atoms with Crippen molar-refractivity contribution in [3.63, 3.8) is 0 Å². The first kappa shape index (κ1) is 21.0. The molecule has 1 aliphatic rings. The van der Waals surface area contributed by atoms with Crippen molar-refractivity contribution in [1.29, 1.82) is 0 Å². The van der Waals surface area contributed by atoms with E-state index in [1.165, 1.54) is 11.8 Å². The molecule has 0 unspecified atom stereocenters. The number of amides is 2. The molecule has 2 aromatic rings. The quantitative estimate of drug-likeness (QED) is 0.678. The molecule has 0 spiro atoms. The minimum absolute atomic E-state index is 0.116. The Morgan fingerprint density at radius 2 is 1.86 bits per heavy atom. The number of ether oxygens (including phenoxy) is 2. The fourth-order valence-electron chi connectivity index (χ4n) is 3.12. The van der Waals surface area contributed by atoms with Crippen LogP contribution in [0.15, 0.2) is 47.4 Å². The van der Waals surface area contributed by atoms with Gasteiger partial charge in [-0.05, 0) is 50.6 Å². The predicted octanol–water partition coefficient (Wildman–Crippen LogP) is 4.16. The van der Waals surface area contributed by atoms with Gasteiger partial charge in [-0.2, -0.15) is 0 Å². The molecule has 2 N–H and O–H groups in total. The molecule has 6 nitrogen and oxygen atoms in total. The Hall–Kier alpha value is -2.67. The number of nitrogens with one attached hydrogen (secondary N) is 2. The molecule has 0 aromatic heterocycles. The molecule has 2 aromatic carbocycles. The molecule has 1 heterocycles. The Morgan fingerprint density at radius 3 is 2.62 bits per heavy atom. The molecule has 2 atom stereocenters. The average Bonchev–Trinajstić information content (AvgIpc) is 2.70. The van der Waals surface area contributed by atoms with E-state index in [1.54, 1.807) is 0 Å². The molecule has 2 amide bonds. The van der Waals surface area contributed by atoms with Crippen LogP contribution in [0.3, 0.4) is 0 Å². The van der Waals surface area contributed by atoms with E-state index in [-0.39, 0.29) is 24.3 Å².